The highest BCUT2D eigenvalue weighted by Crippen LogP contribution is 2.42. The van der Waals surface area contributed by atoms with Crippen molar-refractivity contribution in [2.45, 2.75) is 16.0 Å². The van der Waals surface area contributed by atoms with Gasteiger partial charge >= 0.3 is 5.97 Å². The Morgan fingerprint density at radius 2 is 2.30 bits per heavy atom. The second kappa shape index (κ2) is 5.37. The van der Waals surface area contributed by atoms with E-state index in [0.29, 0.717) is 11.0 Å². The highest BCUT2D eigenvalue weighted by molar-refractivity contribution is 8.00. The Balaban J connectivity index is 1.87. The standard InChI is InChI=1S/C12H12N4O2S2/c13-16-11(14-15-12(16)20-6-10(17)18)8-5-19-9-4-2-1-3-7(8)9/h1-4,8H,5-6,13H2,(H,17,18). The summed E-state index contributed by atoms with van der Waals surface area (Å²) in [5.41, 5.74) is 1.20. The third kappa shape index (κ3) is 2.36. The minimum absolute atomic E-state index is 0.0780. The Labute approximate surface area is 123 Å². The van der Waals surface area contributed by atoms with Gasteiger partial charge in [-0.1, -0.05) is 30.0 Å². The lowest BCUT2D eigenvalue weighted by Crippen LogP contribution is -2.18. The normalized spacial score (nSPS) is 17.1. The first-order valence-electron chi connectivity index (χ1n) is 5.93. The molecule has 104 valence electrons. The van der Waals surface area contributed by atoms with Crippen LogP contribution in [-0.2, 0) is 4.79 Å². The number of nitrogens with two attached hydrogens (primary N) is 1. The van der Waals surface area contributed by atoms with Crippen LogP contribution in [-0.4, -0.2) is 37.5 Å². The molecule has 6 nitrogen and oxygen atoms in total. The van der Waals surface area contributed by atoms with Crippen LogP contribution in [0.15, 0.2) is 34.3 Å². The molecule has 1 atom stereocenters. The highest BCUT2D eigenvalue weighted by Gasteiger charge is 2.29. The van der Waals surface area contributed by atoms with Crippen molar-refractivity contribution in [3.05, 3.63) is 35.7 Å². The Bertz CT molecular complexity index is 659. The summed E-state index contributed by atoms with van der Waals surface area (Å²) in [4.78, 5) is 11.8. The lowest BCUT2D eigenvalue weighted by Gasteiger charge is -2.09. The monoisotopic (exact) mass is 308 g/mol. The molecular formula is C12H12N4O2S2. The molecular weight excluding hydrogens is 296 g/mol. The Morgan fingerprint density at radius 1 is 1.50 bits per heavy atom. The van der Waals surface area contributed by atoms with E-state index in [1.165, 1.54) is 15.1 Å². The van der Waals surface area contributed by atoms with Gasteiger partial charge in [-0.3, -0.25) is 4.79 Å². The minimum atomic E-state index is -0.902. The molecule has 1 aliphatic rings. The SMILES string of the molecule is Nn1c(SCC(=O)O)nnc1C1CSc2ccccc21. The summed E-state index contributed by atoms with van der Waals surface area (Å²) in [6.45, 7) is 0. The van der Waals surface area contributed by atoms with Gasteiger partial charge in [0.15, 0.2) is 5.82 Å². The summed E-state index contributed by atoms with van der Waals surface area (Å²) in [6.07, 6.45) is 0. The topological polar surface area (TPSA) is 94.0 Å². The summed E-state index contributed by atoms with van der Waals surface area (Å²) < 4.78 is 1.40. The molecule has 1 aliphatic heterocycles. The first-order chi connectivity index (χ1) is 9.66. The molecule has 0 radical (unpaired) electrons. The fraction of sp³-hybridized carbons (Fsp3) is 0.250. The first kappa shape index (κ1) is 13.3. The Hall–Kier alpha value is -1.67. The maximum Gasteiger partial charge on any atom is 0.313 e. The number of hydrogen-bond donors (Lipinski definition) is 2. The van der Waals surface area contributed by atoms with E-state index < -0.39 is 5.97 Å². The zero-order valence-corrected chi connectivity index (χ0v) is 12.0. The molecule has 1 unspecified atom stereocenters. The summed E-state index contributed by atoms with van der Waals surface area (Å²) in [5, 5.41) is 17.2. The molecule has 3 rings (SSSR count). The van der Waals surface area contributed by atoms with E-state index in [2.05, 4.69) is 22.3 Å². The van der Waals surface area contributed by atoms with Crippen LogP contribution in [0.25, 0.3) is 0 Å². The number of nitrogen functional groups attached to an aromatic ring is 1. The maximum absolute atomic E-state index is 10.6. The van der Waals surface area contributed by atoms with Crippen molar-refractivity contribution in [3.63, 3.8) is 0 Å². The summed E-state index contributed by atoms with van der Waals surface area (Å²) in [6, 6.07) is 8.15. The van der Waals surface area contributed by atoms with Crippen LogP contribution in [0.5, 0.6) is 0 Å². The van der Waals surface area contributed by atoms with Gasteiger partial charge in [-0.25, -0.2) is 4.68 Å². The molecule has 0 saturated carbocycles. The van der Waals surface area contributed by atoms with Gasteiger partial charge in [0.2, 0.25) is 5.16 Å². The first-order valence-corrected chi connectivity index (χ1v) is 7.90. The van der Waals surface area contributed by atoms with E-state index in [4.69, 9.17) is 10.9 Å². The molecule has 0 spiro atoms. The van der Waals surface area contributed by atoms with Gasteiger partial charge in [0.1, 0.15) is 0 Å². The predicted molar refractivity (Wildman–Crippen MR) is 77.5 cm³/mol. The third-order valence-electron chi connectivity index (χ3n) is 3.03. The number of fused-ring (bicyclic) bond motifs is 1. The van der Waals surface area contributed by atoms with Gasteiger partial charge in [0.25, 0.3) is 0 Å². The number of carboxylic acids is 1. The van der Waals surface area contributed by atoms with Crippen LogP contribution in [0.3, 0.4) is 0 Å². The highest BCUT2D eigenvalue weighted by atomic mass is 32.2. The summed E-state index contributed by atoms with van der Waals surface area (Å²) in [7, 11) is 0. The molecule has 1 aromatic heterocycles. The zero-order chi connectivity index (χ0) is 14.1. The van der Waals surface area contributed by atoms with Gasteiger partial charge in [0, 0.05) is 10.6 Å². The van der Waals surface area contributed by atoms with Crippen LogP contribution < -0.4 is 5.84 Å². The number of carboxylic acid groups (broad SMARTS) is 1. The van der Waals surface area contributed by atoms with E-state index in [0.717, 1.165) is 17.5 Å². The Morgan fingerprint density at radius 3 is 3.10 bits per heavy atom. The maximum atomic E-state index is 10.6. The number of carbonyl (C=O) groups is 1. The van der Waals surface area contributed by atoms with Crippen LogP contribution in [0.2, 0.25) is 0 Å². The van der Waals surface area contributed by atoms with Crippen molar-refractivity contribution < 1.29 is 9.90 Å². The van der Waals surface area contributed by atoms with Crippen molar-refractivity contribution in [3.8, 4) is 0 Å². The molecule has 0 saturated heterocycles. The van der Waals surface area contributed by atoms with E-state index in [9.17, 15) is 4.79 Å². The van der Waals surface area contributed by atoms with Gasteiger partial charge in [-0.15, -0.1) is 22.0 Å². The van der Waals surface area contributed by atoms with Gasteiger partial charge < -0.3 is 10.9 Å². The number of rotatable bonds is 4. The number of thioether (sulfide) groups is 2. The third-order valence-corrected chi connectivity index (χ3v) is 5.14. The number of benzene rings is 1. The van der Waals surface area contributed by atoms with Gasteiger partial charge in [-0.2, -0.15) is 0 Å². The predicted octanol–water partition coefficient (Wildman–Crippen LogP) is 1.41. The van der Waals surface area contributed by atoms with Crippen molar-refractivity contribution >= 4 is 29.5 Å². The number of nitrogens with zero attached hydrogens (tertiary/aromatic N) is 3. The average Bonchev–Trinajstić information content (AvgIpc) is 3.00. The molecule has 2 heterocycles. The van der Waals surface area contributed by atoms with Crippen LogP contribution in [0.4, 0.5) is 0 Å². The van der Waals surface area contributed by atoms with Crippen molar-refractivity contribution in [2.75, 3.05) is 17.3 Å². The second-order valence-corrected chi connectivity index (χ2v) is 6.30. The molecule has 2 aromatic rings. The summed E-state index contributed by atoms with van der Waals surface area (Å²) >= 11 is 2.84. The van der Waals surface area contributed by atoms with E-state index >= 15 is 0 Å². The lowest BCUT2D eigenvalue weighted by molar-refractivity contribution is -0.133. The van der Waals surface area contributed by atoms with Crippen molar-refractivity contribution in [1.82, 2.24) is 14.9 Å². The van der Waals surface area contributed by atoms with Crippen LogP contribution in [0.1, 0.15) is 17.3 Å². The van der Waals surface area contributed by atoms with Crippen LogP contribution in [0, 0.1) is 0 Å². The molecule has 20 heavy (non-hydrogen) atoms. The fourth-order valence-corrected chi connectivity index (χ4v) is 3.94. The number of hydrogen-bond acceptors (Lipinski definition) is 6. The molecule has 8 heteroatoms. The van der Waals surface area contributed by atoms with Gasteiger partial charge in [-0.05, 0) is 11.6 Å². The molecule has 1 aromatic carbocycles. The lowest BCUT2D eigenvalue weighted by atomic mass is 10.0. The Kier molecular flexibility index (Phi) is 3.58. The minimum Gasteiger partial charge on any atom is -0.481 e. The van der Waals surface area contributed by atoms with Crippen LogP contribution >= 0.6 is 23.5 Å². The van der Waals surface area contributed by atoms with Crippen molar-refractivity contribution in [2.24, 2.45) is 0 Å². The fourth-order valence-electron chi connectivity index (χ4n) is 2.13. The van der Waals surface area contributed by atoms with E-state index in [1.54, 1.807) is 11.8 Å². The average molecular weight is 308 g/mol. The van der Waals surface area contributed by atoms with E-state index in [1.807, 2.05) is 12.1 Å². The molecule has 3 N–H and O–H groups in total. The van der Waals surface area contributed by atoms with Crippen molar-refractivity contribution in [1.29, 1.82) is 0 Å². The quantitative estimate of drug-likeness (QED) is 0.651. The van der Waals surface area contributed by atoms with Gasteiger partial charge in [0.05, 0.1) is 11.7 Å². The zero-order valence-electron chi connectivity index (χ0n) is 10.4. The summed E-state index contributed by atoms with van der Waals surface area (Å²) in [5.74, 6) is 6.67. The smallest absolute Gasteiger partial charge is 0.313 e. The van der Waals surface area contributed by atoms with E-state index in [-0.39, 0.29) is 11.7 Å². The molecule has 0 amide bonds. The molecule has 0 aliphatic carbocycles. The number of aliphatic carboxylic acids is 1. The second-order valence-electron chi connectivity index (χ2n) is 4.29. The number of aromatic nitrogens is 3. The molecule has 0 bridgehead atoms. The molecule has 0 fully saturated rings. The largest absolute Gasteiger partial charge is 0.481 e.